The molecular weight excluding hydrogens is 102 g/mol. The molecule has 0 radical (unpaired) electrons. The summed E-state index contributed by atoms with van der Waals surface area (Å²) in [5, 5.41) is 0. The molecule has 0 spiro atoms. The van der Waals surface area contributed by atoms with Crippen LogP contribution >= 0.6 is 0 Å². The molecule has 2 heteroatoms. The number of amides is 1. The van der Waals surface area contributed by atoms with Gasteiger partial charge in [-0.15, -0.1) is 0 Å². The van der Waals surface area contributed by atoms with Crippen LogP contribution in [0.3, 0.4) is 0 Å². The predicted molar refractivity (Wildman–Crippen MR) is 29.3 cm³/mol. The number of hydrogen-bond acceptors (Lipinski definition) is 1. The number of hydrogen-bond donors (Lipinski definition) is 0. The average Bonchev–Trinajstić information content (AvgIpc) is 2.09. The van der Waals surface area contributed by atoms with Crippen molar-refractivity contribution in [2.45, 2.75) is 12.5 Å². The Hall–Kier alpha value is -0.790. The third kappa shape index (κ3) is 0.312. The van der Waals surface area contributed by atoms with E-state index in [9.17, 15) is 4.79 Å². The summed E-state index contributed by atoms with van der Waals surface area (Å²) >= 11 is 0. The standard InChI is InChI=1S/C6H7NO/c8-6-4-5-2-1-3-7(5)6/h1-2,5H,3-4H2. The maximum absolute atomic E-state index is 10.6. The molecule has 2 rings (SSSR count). The second-order valence-electron chi connectivity index (χ2n) is 2.25. The summed E-state index contributed by atoms with van der Waals surface area (Å²) in [6.45, 7) is 0.851. The fourth-order valence-corrected chi connectivity index (χ4v) is 1.22. The Labute approximate surface area is 47.8 Å². The Morgan fingerprint density at radius 3 is 3.12 bits per heavy atom. The van der Waals surface area contributed by atoms with Crippen molar-refractivity contribution in [1.29, 1.82) is 0 Å². The summed E-state index contributed by atoms with van der Waals surface area (Å²) in [7, 11) is 0. The molecule has 1 atom stereocenters. The third-order valence-electron chi connectivity index (χ3n) is 1.76. The van der Waals surface area contributed by atoms with Gasteiger partial charge in [-0.2, -0.15) is 0 Å². The molecule has 2 heterocycles. The van der Waals surface area contributed by atoms with E-state index in [4.69, 9.17) is 0 Å². The van der Waals surface area contributed by atoms with E-state index >= 15 is 0 Å². The molecule has 0 aromatic carbocycles. The quantitative estimate of drug-likeness (QED) is 0.320. The van der Waals surface area contributed by atoms with Gasteiger partial charge in [0.05, 0.1) is 12.5 Å². The molecule has 0 aromatic rings. The maximum atomic E-state index is 10.6. The van der Waals surface area contributed by atoms with E-state index in [1.807, 2.05) is 4.90 Å². The van der Waals surface area contributed by atoms with Gasteiger partial charge in [0, 0.05) is 6.54 Å². The molecular formula is C6H7NO. The van der Waals surface area contributed by atoms with Crippen LogP contribution in [0.1, 0.15) is 6.42 Å². The monoisotopic (exact) mass is 109 g/mol. The van der Waals surface area contributed by atoms with Crippen LogP contribution in [-0.4, -0.2) is 23.4 Å². The topological polar surface area (TPSA) is 20.3 Å². The minimum Gasteiger partial charge on any atom is -0.332 e. The summed E-state index contributed by atoms with van der Waals surface area (Å²) in [5.41, 5.74) is 0. The predicted octanol–water partition coefficient (Wildman–Crippen LogP) is 0.157. The normalized spacial score (nSPS) is 32.8. The fraction of sp³-hybridized carbons (Fsp3) is 0.500. The lowest BCUT2D eigenvalue weighted by Gasteiger charge is -2.33. The molecule has 2 aliphatic rings. The van der Waals surface area contributed by atoms with Gasteiger partial charge < -0.3 is 4.90 Å². The van der Waals surface area contributed by atoms with Crippen molar-refractivity contribution in [1.82, 2.24) is 4.90 Å². The van der Waals surface area contributed by atoms with Crippen LogP contribution in [0.15, 0.2) is 12.2 Å². The van der Waals surface area contributed by atoms with Crippen LogP contribution in [0.5, 0.6) is 0 Å². The van der Waals surface area contributed by atoms with Crippen LogP contribution < -0.4 is 0 Å². The highest BCUT2D eigenvalue weighted by Crippen LogP contribution is 2.23. The highest BCUT2D eigenvalue weighted by atomic mass is 16.2. The van der Waals surface area contributed by atoms with Gasteiger partial charge in [-0.05, 0) is 0 Å². The third-order valence-corrected chi connectivity index (χ3v) is 1.76. The number of carbonyl (C=O) groups excluding carboxylic acids is 1. The van der Waals surface area contributed by atoms with Crippen LogP contribution in [-0.2, 0) is 4.79 Å². The second-order valence-corrected chi connectivity index (χ2v) is 2.25. The van der Waals surface area contributed by atoms with E-state index in [-0.39, 0.29) is 0 Å². The summed E-state index contributed by atoms with van der Waals surface area (Å²) < 4.78 is 0. The van der Waals surface area contributed by atoms with Gasteiger partial charge in [0.1, 0.15) is 0 Å². The Bertz CT molecular complexity index is 162. The first-order valence-electron chi connectivity index (χ1n) is 2.84. The molecule has 0 saturated carbocycles. The minimum atomic E-state index is 0.306. The van der Waals surface area contributed by atoms with Crippen molar-refractivity contribution in [2.75, 3.05) is 6.54 Å². The van der Waals surface area contributed by atoms with Crippen molar-refractivity contribution in [3.8, 4) is 0 Å². The fourth-order valence-electron chi connectivity index (χ4n) is 1.22. The lowest BCUT2D eigenvalue weighted by atomic mass is 10.1. The van der Waals surface area contributed by atoms with Gasteiger partial charge in [0.2, 0.25) is 5.91 Å². The molecule has 0 N–H and O–H groups in total. The largest absolute Gasteiger partial charge is 0.332 e. The van der Waals surface area contributed by atoms with Gasteiger partial charge in [0.25, 0.3) is 0 Å². The molecule has 1 unspecified atom stereocenters. The van der Waals surface area contributed by atoms with E-state index in [1.54, 1.807) is 0 Å². The number of fused-ring (bicyclic) bond motifs is 1. The lowest BCUT2D eigenvalue weighted by Crippen LogP contribution is -2.48. The van der Waals surface area contributed by atoms with Crippen LogP contribution in [0, 0.1) is 0 Å². The molecule has 2 aliphatic heterocycles. The van der Waals surface area contributed by atoms with E-state index in [1.165, 1.54) is 0 Å². The smallest absolute Gasteiger partial charge is 0.225 e. The molecule has 0 bridgehead atoms. The Balaban J connectivity index is 2.19. The number of β-lactam (4-membered cyclic amide) rings is 1. The zero-order chi connectivity index (χ0) is 5.56. The van der Waals surface area contributed by atoms with Gasteiger partial charge in [-0.3, -0.25) is 4.79 Å². The van der Waals surface area contributed by atoms with E-state index in [0.29, 0.717) is 11.9 Å². The van der Waals surface area contributed by atoms with Gasteiger partial charge in [-0.25, -0.2) is 0 Å². The molecule has 1 amide bonds. The van der Waals surface area contributed by atoms with Gasteiger partial charge >= 0.3 is 0 Å². The summed E-state index contributed by atoms with van der Waals surface area (Å²) in [6, 6.07) is 0.475. The Kier molecular flexibility index (Phi) is 0.583. The van der Waals surface area contributed by atoms with Gasteiger partial charge in [0.15, 0.2) is 0 Å². The maximum Gasteiger partial charge on any atom is 0.225 e. The highest BCUT2D eigenvalue weighted by molar-refractivity contribution is 5.84. The zero-order valence-corrected chi connectivity index (χ0v) is 4.50. The van der Waals surface area contributed by atoms with Gasteiger partial charge in [-0.1, -0.05) is 12.2 Å². The van der Waals surface area contributed by atoms with E-state index < -0.39 is 0 Å². The second kappa shape index (κ2) is 1.13. The van der Waals surface area contributed by atoms with Crippen molar-refractivity contribution < 1.29 is 4.79 Å². The van der Waals surface area contributed by atoms with Crippen molar-refractivity contribution in [3.05, 3.63) is 12.2 Å². The summed E-state index contributed by atoms with van der Waals surface area (Å²) in [6.07, 6.45) is 4.90. The Morgan fingerprint density at radius 1 is 1.75 bits per heavy atom. The number of rotatable bonds is 0. The summed E-state index contributed by atoms with van der Waals surface area (Å²) in [5.74, 6) is 0.306. The SMILES string of the molecule is O=C1CC2C=CCN12. The van der Waals surface area contributed by atoms with Crippen LogP contribution in [0.2, 0.25) is 0 Å². The minimum absolute atomic E-state index is 0.306. The lowest BCUT2D eigenvalue weighted by molar-refractivity contribution is -0.141. The zero-order valence-electron chi connectivity index (χ0n) is 4.50. The average molecular weight is 109 g/mol. The van der Waals surface area contributed by atoms with Crippen molar-refractivity contribution in [2.24, 2.45) is 0 Å². The van der Waals surface area contributed by atoms with E-state index in [2.05, 4.69) is 12.2 Å². The molecule has 0 aromatic heterocycles. The first kappa shape index (κ1) is 4.13. The summed E-state index contributed by atoms with van der Waals surface area (Å²) in [4.78, 5) is 12.5. The van der Waals surface area contributed by atoms with Crippen LogP contribution in [0.4, 0.5) is 0 Å². The molecule has 1 saturated heterocycles. The molecule has 2 nitrogen and oxygen atoms in total. The molecule has 0 aliphatic carbocycles. The van der Waals surface area contributed by atoms with E-state index in [0.717, 1.165) is 13.0 Å². The van der Waals surface area contributed by atoms with Crippen molar-refractivity contribution >= 4 is 5.91 Å². The Morgan fingerprint density at radius 2 is 2.62 bits per heavy atom. The highest BCUT2D eigenvalue weighted by Gasteiger charge is 2.35. The molecule has 1 fully saturated rings. The van der Waals surface area contributed by atoms with Crippen molar-refractivity contribution in [3.63, 3.8) is 0 Å². The molecule has 8 heavy (non-hydrogen) atoms. The van der Waals surface area contributed by atoms with Crippen LogP contribution in [0.25, 0.3) is 0 Å². The first-order chi connectivity index (χ1) is 3.88. The number of nitrogens with zero attached hydrogens (tertiary/aromatic N) is 1. The first-order valence-corrected chi connectivity index (χ1v) is 2.84. The molecule has 42 valence electrons. The number of carbonyl (C=O) groups is 1.